The first-order chi connectivity index (χ1) is 10.5. The molecule has 0 saturated carbocycles. The van der Waals surface area contributed by atoms with Gasteiger partial charge in [-0.3, -0.25) is 4.79 Å². The van der Waals surface area contributed by atoms with Gasteiger partial charge in [0.05, 0.1) is 24.5 Å². The summed E-state index contributed by atoms with van der Waals surface area (Å²) in [6, 6.07) is 8.64. The van der Waals surface area contributed by atoms with Gasteiger partial charge in [-0.05, 0) is 32.4 Å². The Bertz CT molecular complexity index is 506. The molecule has 0 radical (unpaired) electrons. The van der Waals surface area contributed by atoms with Crippen LogP contribution in [0.25, 0.3) is 0 Å². The standard InChI is InChI=1S/C17H27N3O2/c1-13(12-22-4)18-17(21)11-20-14(2)9-10-19(3)15-7-5-6-8-16(15)20/h5-8,13-14H,9-12H2,1-4H3,(H,18,21)/t13-,14-/m1/s1. The summed E-state index contributed by atoms with van der Waals surface area (Å²) in [7, 11) is 3.75. The van der Waals surface area contributed by atoms with Crippen molar-refractivity contribution < 1.29 is 9.53 Å². The van der Waals surface area contributed by atoms with E-state index in [1.54, 1.807) is 7.11 Å². The van der Waals surface area contributed by atoms with Crippen molar-refractivity contribution in [1.29, 1.82) is 0 Å². The molecule has 0 unspecified atom stereocenters. The van der Waals surface area contributed by atoms with Gasteiger partial charge in [-0.1, -0.05) is 12.1 Å². The van der Waals surface area contributed by atoms with Gasteiger partial charge in [-0.15, -0.1) is 0 Å². The van der Waals surface area contributed by atoms with Gasteiger partial charge in [0.15, 0.2) is 0 Å². The number of nitrogens with one attached hydrogen (secondary N) is 1. The largest absolute Gasteiger partial charge is 0.383 e. The second kappa shape index (κ2) is 7.49. The average Bonchev–Trinajstić information content (AvgIpc) is 2.60. The van der Waals surface area contributed by atoms with Crippen molar-refractivity contribution in [2.75, 3.05) is 43.7 Å². The van der Waals surface area contributed by atoms with E-state index in [-0.39, 0.29) is 11.9 Å². The molecular formula is C17H27N3O2. The monoisotopic (exact) mass is 305 g/mol. The average molecular weight is 305 g/mol. The third-order valence-electron chi connectivity index (χ3n) is 4.15. The summed E-state index contributed by atoms with van der Waals surface area (Å²) in [5, 5.41) is 2.99. The summed E-state index contributed by atoms with van der Waals surface area (Å²) in [6.07, 6.45) is 1.03. The van der Waals surface area contributed by atoms with Crippen molar-refractivity contribution >= 4 is 17.3 Å². The van der Waals surface area contributed by atoms with Gasteiger partial charge < -0.3 is 19.9 Å². The zero-order valence-electron chi connectivity index (χ0n) is 14.0. The van der Waals surface area contributed by atoms with E-state index in [2.05, 4.69) is 41.2 Å². The molecule has 1 aliphatic heterocycles. The molecule has 5 heteroatoms. The topological polar surface area (TPSA) is 44.8 Å². The normalized spacial score (nSPS) is 19.4. The van der Waals surface area contributed by atoms with Crippen molar-refractivity contribution in [2.45, 2.75) is 32.4 Å². The number of fused-ring (bicyclic) bond motifs is 1. The maximum Gasteiger partial charge on any atom is 0.239 e. The van der Waals surface area contributed by atoms with Crippen LogP contribution in [-0.2, 0) is 9.53 Å². The van der Waals surface area contributed by atoms with Crippen LogP contribution < -0.4 is 15.1 Å². The SMILES string of the molecule is COC[C@@H](C)NC(=O)CN1c2ccccc2N(C)CC[C@H]1C. The smallest absolute Gasteiger partial charge is 0.239 e. The molecule has 122 valence electrons. The van der Waals surface area contributed by atoms with Crippen LogP contribution in [-0.4, -0.2) is 51.8 Å². The number of benzene rings is 1. The molecule has 1 heterocycles. The Morgan fingerprint density at radius 3 is 2.77 bits per heavy atom. The van der Waals surface area contributed by atoms with E-state index < -0.39 is 0 Å². The second-order valence-corrected chi connectivity index (χ2v) is 6.10. The molecule has 0 aromatic heterocycles. The first-order valence-electron chi connectivity index (χ1n) is 7.88. The molecule has 1 aromatic rings. The Hall–Kier alpha value is -1.75. The number of para-hydroxylation sites is 2. The molecule has 2 atom stereocenters. The zero-order valence-corrected chi connectivity index (χ0v) is 14.0. The van der Waals surface area contributed by atoms with E-state index in [1.165, 1.54) is 5.69 Å². The minimum Gasteiger partial charge on any atom is -0.383 e. The highest BCUT2D eigenvalue weighted by molar-refractivity contribution is 5.84. The summed E-state index contributed by atoms with van der Waals surface area (Å²) in [5.74, 6) is 0.0377. The molecule has 0 aliphatic carbocycles. The van der Waals surface area contributed by atoms with Crippen LogP contribution in [0.15, 0.2) is 24.3 Å². The van der Waals surface area contributed by atoms with Gasteiger partial charge in [0, 0.05) is 32.8 Å². The van der Waals surface area contributed by atoms with Crippen molar-refractivity contribution in [3.63, 3.8) is 0 Å². The fourth-order valence-electron chi connectivity index (χ4n) is 2.93. The van der Waals surface area contributed by atoms with Crippen LogP contribution in [0.5, 0.6) is 0 Å². The second-order valence-electron chi connectivity index (χ2n) is 6.10. The first kappa shape index (κ1) is 16.6. The highest BCUT2D eigenvalue weighted by Crippen LogP contribution is 2.33. The Morgan fingerprint density at radius 2 is 2.09 bits per heavy atom. The third kappa shape index (κ3) is 3.91. The van der Waals surface area contributed by atoms with Crippen LogP contribution in [0.4, 0.5) is 11.4 Å². The number of carbonyl (C=O) groups is 1. The van der Waals surface area contributed by atoms with E-state index in [1.807, 2.05) is 19.1 Å². The lowest BCUT2D eigenvalue weighted by atomic mass is 10.2. The number of methoxy groups -OCH3 is 1. The summed E-state index contributed by atoms with van der Waals surface area (Å²) < 4.78 is 5.07. The van der Waals surface area contributed by atoms with E-state index in [4.69, 9.17) is 4.74 Å². The molecule has 1 aliphatic rings. The number of nitrogens with zero attached hydrogens (tertiary/aromatic N) is 2. The number of rotatable bonds is 5. The molecule has 0 fully saturated rings. The predicted molar refractivity (Wildman–Crippen MR) is 90.6 cm³/mol. The van der Waals surface area contributed by atoms with Crippen LogP contribution in [0.1, 0.15) is 20.3 Å². The van der Waals surface area contributed by atoms with E-state index in [0.717, 1.165) is 18.7 Å². The quantitative estimate of drug-likeness (QED) is 0.902. The fraction of sp³-hybridized carbons (Fsp3) is 0.588. The van der Waals surface area contributed by atoms with Crippen LogP contribution in [0.2, 0.25) is 0 Å². The van der Waals surface area contributed by atoms with Gasteiger partial charge in [-0.2, -0.15) is 0 Å². The van der Waals surface area contributed by atoms with Gasteiger partial charge >= 0.3 is 0 Å². The molecule has 5 nitrogen and oxygen atoms in total. The third-order valence-corrected chi connectivity index (χ3v) is 4.15. The highest BCUT2D eigenvalue weighted by atomic mass is 16.5. The lowest BCUT2D eigenvalue weighted by molar-refractivity contribution is -0.120. The fourth-order valence-corrected chi connectivity index (χ4v) is 2.93. The van der Waals surface area contributed by atoms with Crippen molar-refractivity contribution in [3.8, 4) is 0 Å². The van der Waals surface area contributed by atoms with Gasteiger partial charge in [-0.25, -0.2) is 0 Å². The number of anilines is 2. The summed E-state index contributed by atoms with van der Waals surface area (Å²) in [5.41, 5.74) is 2.31. The lowest BCUT2D eigenvalue weighted by Crippen LogP contribution is -2.45. The zero-order chi connectivity index (χ0) is 16.1. The molecule has 1 N–H and O–H groups in total. The van der Waals surface area contributed by atoms with Crippen molar-refractivity contribution in [2.24, 2.45) is 0 Å². The van der Waals surface area contributed by atoms with Gasteiger partial charge in [0.25, 0.3) is 0 Å². The van der Waals surface area contributed by atoms with Crippen LogP contribution in [0, 0.1) is 0 Å². The van der Waals surface area contributed by atoms with Crippen LogP contribution >= 0.6 is 0 Å². The van der Waals surface area contributed by atoms with Gasteiger partial charge in [0.2, 0.25) is 5.91 Å². The van der Waals surface area contributed by atoms with Crippen molar-refractivity contribution in [1.82, 2.24) is 5.32 Å². The maximum absolute atomic E-state index is 12.3. The highest BCUT2D eigenvalue weighted by Gasteiger charge is 2.25. The Labute approximate surface area is 133 Å². The Kier molecular flexibility index (Phi) is 5.66. The molecule has 2 rings (SSSR count). The van der Waals surface area contributed by atoms with Crippen LogP contribution in [0.3, 0.4) is 0 Å². The molecule has 1 aromatic carbocycles. The number of hydrogen-bond acceptors (Lipinski definition) is 4. The van der Waals surface area contributed by atoms with Gasteiger partial charge in [0.1, 0.15) is 0 Å². The lowest BCUT2D eigenvalue weighted by Gasteiger charge is -2.30. The number of ether oxygens (including phenoxy) is 1. The Morgan fingerprint density at radius 1 is 1.41 bits per heavy atom. The number of carbonyl (C=O) groups excluding carboxylic acids is 1. The molecule has 0 spiro atoms. The van der Waals surface area contributed by atoms with E-state index in [0.29, 0.717) is 19.2 Å². The minimum atomic E-state index is 0.0256. The molecule has 0 saturated heterocycles. The summed E-state index contributed by atoms with van der Waals surface area (Å²) in [4.78, 5) is 16.8. The maximum atomic E-state index is 12.3. The Balaban J connectivity index is 2.14. The van der Waals surface area contributed by atoms with E-state index in [9.17, 15) is 4.79 Å². The molecule has 0 bridgehead atoms. The minimum absolute atomic E-state index is 0.0256. The number of hydrogen-bond donors (Lipinski definition) is 1. The molecular weight excluding hydrogens is 278 g/mol. The molecule has 22 heavy (non-hydrogen) atoms. The molecule has 1 amide bonds. The summed E-state index contributed by atoms with van der Waals surface area (Å²) >= 11 is 0. The van der Waals surface area contributed by atoms with E-state index >= 15 is 0 Å². The number of amides is 1. The first-order valence-corrected chi connectivity index (χ1v) is 7.88. The van der Waals surface area contributed by atoms with Crippen molar-refractivity contribution in [3.05, 3.63) is 24.3 Å². The summed E-state index contributed by atoms with van der Waals surface area (Å²) in [6.45, 7) is 6.04. The predicted octanol–water partition coefficient (Wildman–Crippen LogP) is 1.87.